The third-order valence-corrected chi connectivity index (χ3v) is 2.53. The van der Waals surface area contributed by atoms with Gasteiger partial charge in [0.15, 0.2) is 0 Å². The van der Waals surface area contributed by atoms with Crippen molar-refractivity contribution in [3.63, 3.8) is 0 Å². The minimum atomic E-state index is -0.193. The summed E-state index contributed by atoms with van der Waals surface area (Å²) in [7, 11) is 0. The molecule has 16 heavy (non-hydrogen) atoms. The molecule has 1 aromatic rings. The molecule has 0 N–H and O–H groups in total. The van der Waals surface area contributed by atoms with Crippen LogP contribution in [0.1, 0.15) is 19.4 Å². The molecule has 0 fully saturated rings. The Labute approximate surface area is 96.8 Å². The standard InChI is InChI=1S/C15H17F/c1-4-12(2)13(3)6-5-7-14-8-10-15(16)11-9-14/h4-6,8-11H,3,7H2,1-2H3/b6-5-,12-4+. The van der Waals surface area contributed by atoms with E-state index in [0.717, 1.165) is 17.6 Å². The van der Waals surface area contributed by atoms with Crippen molar-refractivity contribution in [1.29, 1.82) is 0 Å². The van der Waals surface area contributed by atoms with Gasteiger partial charge in [-0.3, -0.25) is 0 Å². The summed E-state index contributed by atoms with van der Waals surface area (Å²) < 4.78 is 12.6. The average molecular weight is 216 g/mol. The minimum Gasteiger partial charge on any atom is -0.207 e. The molecule has 0 bridgehead atoms. The van der Waals surface area contributed by atoms with E-state index in [9.17, 15) is 4.39 Å². The summed E-state index contributed by atoms with van der Waals surface area (Å²) in [4.78, 5) is 0. The van der Waals surface area contributed by atoms with Gasteiger partial charge < -0.3 is 0 Å². The molecule has 0 radical (unpaired) electrons. The summed E-state index contributed by atoms with van der Waals surface area (Å²) in [6.07, 6.45) is 6.88. The van der Waals surface area contributed by atoms with Gasteiger partial charge >= 0.3 is 0 Å². The van der Waals surface area contributed by atoms with Gasteiger partial charge in [0.25, 0.3) is 0 Å². The van der Waals surface area contributed by atoms with Crippen molar-refractivity contribution in [3.05, 3.63) is 71.6 Å². The number of halogens is 1. The number of hydrogen-bond donors (Lipinski definition) is 0. The Kier molecular flexibility index (Phi) is 4.71. The highest BCUT2D eigenvalue weighted by atomic mass is 19.1. The van der Waals surface area contributed by atoms with Crippen LogP contribution < -0.4 is 0 Å². The van der Waals surface area contributed by atoms with E-state index < -0.39 is 0 Å². The van der Waals surface area contributed by atoms with Crippen molar-refractivity contribution in [2.45, 2.75) is 20.3 Å². The smallest absolute Gasteiger partial charge is 0.123 e. The average Bonchev–Trinajstić information content (AvgIpc) is 2.30. The van der Waals surface area contributed by atoms with E-state index in [4.69, 9.17) is 0 Å². The molecule has 0 unspecified atom stereocenters. The first-order chi connectivity index (χ1) is 7.63. The fourth-order valence-electron chi connectivity index (χ4n) is 1.27. The first-order valence-electron chi connectivity index (χ1n) is 5.36. The Morgan fingerprint density at radius 3 is 2.50 bits per heavy atom. The third-order valence-electron chi connectivity index (χ3n) is 2.53. The second-order valence-electron chi connectivity index (χ2n) is 3.73. The summed E-state index contributed by atoms with van der Waals surface area (Å²) in [5, 5.41) is 0. The maximum Gasteiger partial charge on any atom is 0.123 e. The Morgan fingerprint density at radius 2 is 1.94 bits per heavy atom. The molecule has 0 aromatic heterocycles. The van der Waals surface area contributed by atoms with Crippen LogP contribution >= 0.6 is 0 Å². The molecular weight excluding hydrogens is 199 g/mol. The second kappa shape index (κ2) is 6.06. The first kappa shape index (κ1) is 12.4. The normalized spacial score (nSPS) is 12.1. The summed E-state index contributed by atoms with van der Waals surface area (Å²) in [6.45, 7) is 7.98. The fraction of sp³-hybridized carbons (Fsp3) is 0.200. The molecule has 0 saturated heterocycles. The van der Waals surface area contributed by atoms with Crippen molar-refractivity contribution in [2.24, 2.45) is 0 Å². The summed E-state index contributed by atoms with van der Waals surface area (Å²) in [6, 6.07) is 6.56. The molecule has 0 aliphatic carbocycles. The van der Waals surface area contributed by atoms with E-state index in [0.29, 0.717) is 0 Å². The van der Waals surface area contributed by atoms with Gasteiger partial charge in [-0.05, 0) is 49.1 Å². The van der Waals surface area contributed by atoms with Gasteiger partial charge in [0.05, 0.1) is 0 Å². The van der Waals surface area contributed by atoms with Crippen LogP contribution in [0.3, 0.4) is 0 Å². The van der Waals surface area contributed by atoms with Gasteiger partial charge in [-0.25, -0.2) is 4.39 Å². The van der Waals surface area contributed by atoms with Crippen molar-refractivity contribution < 1.29 is 4.39 Å². The van der Waals surface area contributed by atoms with E-state index in [2.05, 4.69) is 6.58 Å². The van der Waals surface area contributed by atoms with Crippen LogP contribution in [-0.4, -0.2) is 0 Å². The number of hydrogen-bond acceptors (Lipinski definition) is 0. The largest absolute Gasteiger partial charge is 0.207 e. The molecule has 1 heteroatoms. The zero-order valence-electron chi connectivity index (χ0n) is 9.83. The zero-order chi connectivity index (χ0) is 12.0. The first-order valence-corrected chi connectivity index (χ1v) is 5.36. The Bertz CT molecular complexity index is 408. The summed E-state index contributed by atoms with van der Waals surface area (Å²) in [5.41, 5.74) is 3.29. The van der Waals surface area contributed by atoms with Crippen LogP contribution in [-0.2, 0) is 6.42 Å². The molecule has 0 aliphatic rings. The van der Waals surface area contributed by atoms with E-state index in [-0.39, 0.29) is 5.82 Å². The fourth-order valence-corrected chi connectivity index (χ4v) is 1.27. The van der Waals surface area contributed by atoms with Gasteiger partial charge in [0.1, 0.15) is 5.82 Å². The molecule has 0 nitrogen and oxygen atoms in total. The second-order valence-corrected chi connectivity index (χ2v) is 3.73. The highest BCUT2D eigenvalue weighted by molar-refractivity contribution is 5.35. The Morgan fingerprint density at radius 1 is 1.31 bits per heavy atom. The van der Waals surface area contributed by atoms with E-state index >= 15 is 0 Å². The Hall–Kier alpha value is -1.63. The van der Waals surface area contributed by atoms with Gasteiger partial charge in [0.2, 0.25) is 0 Å². The molecule has 84 valence electrons. The maximum absolute atomic E-state index is 12.6. The molecule has 1 rings (SSSR count). The Balaban J connectivity index is 2.55. The lowest BCUT2D eigenvalue weighted by Gasteiger charge is -1.99. The molecule has 0 heterocycles. The summed E-state index contributed by atoms with van der Waals surface area (Å²) >= 11 is 0. The predicted octanol–water partition coefficient (Wildman–Crippen LogP) is 4.45. The van der Waals surface area contributed by atoms with Crippen molar-refractivity contribution in [1.82, 2.24) is 0 Å². The highest BCUT2D eigenvalue weighted by Crippen LogP contribution is 2.09. The van der Waals surface area contributed by atoms with E-state index in [1.807, 2.05) is 32.1 Å². The monoisotopic (exact) mass is 216 g/mol. The van der Waals surface area contributed by atoms with Gasteiger partial charge in [0, 0.05) is 0 Å². The lowest BCUT2D eigenvalue weighted by atomic mass is 10.1. The number of benzene rings is 1. The van der Waals surface area contributed by atoms with Crippen molar-refractivity contribution >= 4 is 0 Å². The quantitative estimate of drug-likeness (QED) is 0.652. The van der Waals surface area contributed by atoms with Crippen molar-refractivity contribution in [2.75, 3.05) is 0 Å². The van der Waals surface area contributed by atoms with Gasteiger partial charge in [-0.2, -0.15) is 0 Å². The van der Waals surface area contributed by atoms with Gasteiger partial charge in [-0.1, -0.05) is 36.9 Å². The summed E-state index contributed by atoms with van der Waals surface area (Å²) in [5.74, 6) is -0.193. The molecule has 1 aromatic carbocycles. The molecular formula is C15H17F. The number of rotatable bonds is 4. The van der Waals surface area contributed by atoms with Crippen LogP contribution in [0.15, 0.2) is 60.2 Å². The molecule has 0 spiro atoms. The van der Waals surface area contributed by atoms with E-state index in [1.54, 1.807) is 12.1 Å². The van der Waals surface area contributed by atoms with Crippen LogP contribution in [0.5, 0.6) is 0 Å². The lowest BCUT2D eigenvalue weighted by Crippen LogP contribution is -1.83. The molecule has 0 atom stereocenters. The minimum absolute atomic E-state index is 0.193. The molecule has 0 aliphatic heterocycles. The lowest BCUT2D eigenvalue weighted by molar-refractivity contribution is 0.627. The SMILES string of the molecule is C=C(/C=C\Cc1ccc(F)cc1)/C(C)=C/C. The van der Waals surface area contributed by atoms with E-state index in [1.165, 1.54) is 17.7 Å². The molecule has 0 saturated carbocycles. The molecule has 0 amide bonds. The zero-order valence-corrected chi connectivity index (χ0v) is 9.83. The predicted molar refractivity (Wildman–Crippen MR) is 67.8 cm³/mol. The van der Waals surface area contributed by atoms with Crippen LogP contribution in [0, 0.1) is 5.82 Å². The highest BCUT2D eigenvalue weighted by Gasteiger charge is 1.92. The maximum atomic E-state index is 12.6. The third kappa shape index (κ3) is 3.85. The number of allylic oxidation sites excluding steroid dienone is 5. The topological polar surface area (TPSA) is 0 Å². The van der Waals surface area contributed by atoms with Crippen molar-refractivity contribution in [3.8, 4) is 0 Å². The van der Waals surface area contributed by atoms with Crippen LogP contribution in [0.2, 0.25) is 0 Å². The van der Waals surface area contributed by atoms with Gasteiger partial charge in [-0.15, -0.1) is 0 Å². The van der Waals surface area contributed by atoms with Crippen LogP contribution in [0.25, 0.3) is 0 Å². The van der Waals surface area contributed by atoms with Crippen LogP contribution in [0.4, 0.5) is 4.39 Å².